The number of nitrogens with one attached hydrogen (secondary N) is 1. The van der Waals surface area contributed by atoms with Crippen molar-refractivity contribution in [2.24, 2.45) is 7.05 Å². The van der Waals surface area contributed by atoms with E-state index < -0.39 is 0 Å². The number of hydrogen-bond acceptors (Lipinski definition) is 4. The normalized spacial score (nSPS) is 10.4. The third-order valence-corrected chi connectivity index (χ3v) is 2.57. The van der Waals surface area contributed by atoms with E-state index in [0.29, 0.717) is 31.3 Å². The Balaban J connectivity index is 2.27. The van der Waals surface area contributed by atoms with Crippen molar-refractivity contribution in [3.05, 3.63) is 11.8 Å². The van der Waals surface area contributed by atoms with Crippen molar-refractivity contribution in [2.45, 2.75) is 6.42 Å². The Kier molecular flexibility index (Phi) is 6.74. The molecule has 1 amide bonds. The van der Waals surface area contributed by atoms with Crippen molar-refractivity contribution in [2.75, 3.05) is 32.2 Å². The summed E-state index contributed by atoms with van der Waals surface area (Å²) in [5.41, 5.74) is 0.357. The summed E-state index contributed by atoms with van der Waals surface area (Å²) in [5.74, 6) is 0.357. The fourth-order valence-corrected chi connectivity index (χ4v) is 1.60. The van der Waals surface area contributed by atoms with Crippen LogP contribution in [0.2, 0.25) is 0 Å². The second-order valence-electron chi connectivity index (χ2n) is 3.61. The molecule has 0 bridgehead atoms. The number of alkyl halides is 1. The summed E-state index contributed by atoms with van der Waals surface area (Å²) in [7, 11) is 3.27. The zero-order valence-corrected chi connectivity index (χ0v) is 12.2. The Bertz CT molecular complexity index is 382. The first-order valence-corrected chi connectivity index (χ1v) is 6.81. The zero-order valence-electron chi connectivity index (χ0n) is 10.6. The van der Waals surface area contributed by atoms with Gasteiger partial charge in [0.25, 0.3) is 5.91 Å². The summed E-state index contributed by atoms with van der Waals surface area (Å²) in [6, 6.07) is 1.61. The highest BCUT2D eigenvalue weighted by atomic mass is 79.9. The lowest BCUT2D eigenvalue weighted by atomic mass is 10.4. The lowest BCUT2D eigenvalue weighted by molar-refractivity contribution is 0.0939. The van der Waals surface area contributed by atoms with Gasteiger partial charge in [0.2, 0.25) is 5.88 Å². The molecule has 0 unspecified atom stereocenters. The molecule has 0 saturated carbocycles. The number of hydrogen-bond donors (Lipinski definition) is 1. The van der Waals surface area contributed by atoms with Gasteiger partial charge < -0.3 is 14.8 Å². The first-order valence-electron chi connectivity index (χ1n) is 5.69. The number of nitrogens with zero attached hydrogens (tertiary/aromatic N) is 2. The third-order valence-electron chi connectivity index (χ3n) is 2.25. The van der Waals surface area contributed by atoms with Crippen molar-refractivity contribution in [1.82, 2.24) is 15.1 Å². The minimum absolute atomic E-state index is 0.200. The van der Waals surface area contributed by atoms with E-state index in [1.165, 1.54) is 4.68 Å². The highest BCUT2D eigenvalue weighted by Crippen LogP contribution is 2.10. The number of halogens is 1. The molecule has 0 fully saturated rings. The molecule has 0 aliphatic heterocycles. The van der Waals surface area contributed by atoms with Gasteiger partial charge in [-0.25, -0.2) is 4.68 Å². The number of aromatic nitrogens is 2. The standard InChI is InChI=1S/C11H18BrN3O3/c1-15-10(17-2)8-9(14-15)11(16)13-5-3-6-18-7-4-12/h8H,3-7H2,1-2H3,(H,13,16). The molecular weight excluding hydrogens is 302 g/mol. The molecule has 0 atom stereocenters. The monoisotopic (exact) mass is 319 g/mol. The molecule has 1 aromatic rings. The van der Waals surface area contributed by atoms with Crippen LogP contribution in [0.25, 0.3) is 0 Å². The van der Waals surface area contributed by atoms with Crippen molar-refractivity contribution in [3.63, 3.8) is 0 Å². The Labute approximate surface area is 115 Å². The molecule has 6 nitrogen and oxygen atoms in total. The van der Waals surface area contributed by atoms with Gasteiger partial charge >= 0.3 is 0 Å². The molecule has 0 aromatic carbocycles. The number of carbonyl (C=O) groups is 1. The van der Waals surface area contributed by atoms with E-state index in [1.54, 1.807) is 20.2 Å². The second-order valence-corrected chi connectivity index (χ2v) is 4.40. The van der Waals surface area contributed by atoms with E-state index in [1.807, 2.05) is 0 Å². The predicted octanol–water partition coefficient (Wildman–Crippen LogP) is 0.960. The van der Waals surface area contributed by atoms with Crippen LogP contribution < -0.4 is 10.1 Å². The van der Waals surface area contributed by atoms with Gasteiger partial charge in [0.15, 0.2) is 5.69 Å². The predicted molar refractivity (Wildman–Crippen MR) is 71.3 cm³/mol. The smallest absolute Gasteiger partial charge is 0.271 e. The van der Waals surface area contributed by atoms with Crippen molar-refractivity contribution >= 4 is 21.8 Å². The van der Waals surface area contributed by atoms with Crippen LogP contribution in [-0.4, -0.2) is 47.9 Å². The van der Waals surface area contributed by atoms with Crippen LogP contribution in [0.4, 0.5) is 0 Å². The zero-order chi connectivity index (χ0) is 13.4. The average molecular weight is 320 g/mol. The number of aryl methyl sites for hydroxylation is 1. The molecule has 7 heteroatoms. The molecule has 18 heavy (non-hydrogen) atoms. The topological polar surface area (TPSA) is 65.4 Å². The highest BCUT2D eigenvalue weighted by molar-refractivity contribution is 9.09. The number of ether oxygens (including phenoxy) is 2. The molecule has 0 spiro atoms. The van der Waals surface area contributed by atoms with Gasteiger partial charge in [0.1, 0.15) is 0 Å². The van der Waals surface area contributed by atoms with Crippen LogP contribution in [-0.2, 0) is 11.8 Å². The van der Waals surface area contributed by atoms with Gasteiger partial charge in [-0.15, -0.1) is 0 Å². The van der Waals surface area contributed by atoms with Gasteiger partial charge in [-0.2, -0.15) is 5.10 Å². The van der Waals surface area contributed by atoms with Crippen molar-refractivity contribution in [1.29, 1.82) is 0 Å². The quantitative estimate of drug-likeness (QED) is 0.572. The molecule has 1 N–H and O–H groups in total. The van der Waals surface area contributed by atoms with Gasteiger partial charge in [-0.1, -0.05) is 15.9 Å². The minimum Gasteiger partial charge on any atom is -0.481 e. The maximum absolute atomic E-state index is 11.7. The van der Waals surface area contributed by atoms with Crippen molar-refractivity contribution < 1.29 is 14.3 Å². The van der Waals surface area contributed by atoms with Crippen molar-refractivity contribution in [3.8, 4) is 5.88 Å². The first kappa shape index (κ1) is 15.0. The fourth-order valence-electron chi connectivity index (χ4n) is 1.38. The average Bonchev–Trinajstić information content (AvgIpc) is 2.74. The van der Waals surface area contributed by atoms with Crippen LogP contribution in [0.15, 0.2) is 6.07 Å². The molecule has 0 aliphatic carbocycles. The molecule has 1 aromatic heterocycles. The Morgan fingerprint density at radius 3 is 2.94 bits per heavy atom. The highest BCUT2D eigenvalue weighted by Gasteiger charge is 2.12. The van der Waals surface area contributed by atoms with E-state index in [-0.39, 0.29) is 5.91 Å². The van der Waals surface area contributed by atoms with E-state index in [9.17, 15) is 4.79 Å². The van der Waals surface area contributed by atoms with E-state index in [2.05, 4.69) is 26.3 Å². The van der Waals surface area contributed by atoms with Crippen LogP contribution in [0, 0.1) is 0 Å². The summed E-state index contributed by atoms with van der Waals surface area (Å²) < 4.78 is 11.8. The molecule has 0 radical (unpaired) electrons. The van der Waals surface area contributed by atoms with E-state index in [0.717, 1.165) is 11.8 Å². The Hall–Kier alpha value is -1.08. The van der Waals surface area contributed by atoms with Gasteiger partial charge in [-0.05, 0) is 6.42 Å². The number of rotatable bonds is 8. The summed E-state index contributed by atoms with van der Waals surface area (Å²) in [4.78, 5) is 11.7. The van der Waals surface area contributed by atoms with E-state index in [4.69, 9.17) is 9.47 Å². The largest absolute Gasteiger partial charge is 0.481 e. The molecular formula is C11H18BrN3O3. The van der Waals surface area contributed by atoms with E-state index >= 15 is 0 Å². The minimum atomic E-state index is -0.200. The maximum atomic E-state index is 11.7. The number of amides is 1. The summed E-state index contributed by atoms with van der Waals surface area (Å²) in [6.07, 6.45) is 0.780. The molecule has 102 valence electrons. The van der Waals surface area contributed by atoms with Gasteiger partial charge in [0, 0.05) is 31.6 Å². The number of carbonyl (C=O) groups excluding carboxylic acids is 1. The van der Waals surface area contributed by atoms with Crippen LogP contribution in [0.5, 0.6) is 5.88 Å². The lowest BCUT2D eigenvalue weighted by Gasteiger charge is -2.03. The number of methoxy groups -OCH3 is 1. The molecule has 1 heterocycles. The summed E-state index contributed by atoms with van der Waals surface area (Å²) in [5, 5.41) is 7.66. The lowest BCUT2D eigenvalue weighted by Crippen LogP contribution is -2.25. The molecule has 0 aliphatic rings. The first-order chi connectivity index (χ1) is 8.69. The van der Waals surface area contributed by atoms with Crippen LogP contribution in [0.3, 0.4) is 0 Å². The third kappa shape index (κ3) is 4.66. The molecule has 0 saturated heterocycles. The summed E-state index contributed by atoms with van der Waals surface area (Å²) >= 11 is 3.27. The maximum Gasteiger partial charge on any atom is 0.271 e. The summed E-state index contributed by atoms with van der Waals surface area (Å²) in [6.45, 7) is 1.89. The SMILES string of the molecule is COc1cc(C(=O)NCCCOCCBr)nn1C. The second kappa shape index (κ2) is 8.10. The van der Waals surface area contributed by atoms with Crippen LogP contribution in [0.1, 0.15) is 16.9 Å². The van der Waals surface area contributed by atoms with Gasteiger partial charge in [0.05, 0.1) is 13.7 Å². The van der Waals surface area contributed by atoms with Crippen LogP contribution >= 0.6 is 15.9 Å². The van der Waals surface area contributed by atoms with Gasteiger partial charge in [-0.3, -0.25) is 4.79 Å². The Morgan fingerprint density at radius 1 is 1.56 bits per heavy atom. The molecule has 1 rings (SSSR count). The Morgan fingerprint density at radius 2 is 2.33 bits per heavy atom. The fraction of sp³-hybridized carbons (Fsp3) is 0.636.